The van der Waals surface area contributed by atoms with E-state index in [1.807, 2.05) is 41.8 Å². The number of nitro benzene ring substituents is 1. The van der Waals surface area contributed by atoms with E-state index in [1.165, 1.54) is 29.2 Å². The molecule has 0 aliphatic heterocycles. The molecule has 0 radical (unpaired) electrons. The van der Waals surface area contributed by atoms with Gasteiger partial charge in [0.2, 0.25) is 0 Å². The molecule has 0 bridgehead atoms. The van der Waals surface area contributed by atoms with Crippen LogP contribution in [0.3, 0.4) is 0 Å². The molecule has 0 atom stereocenters. The van der Waals surface area contributed by atoms with Gasteiger partial charge >= 0.3 is 0 Å². The van der Waals surface area contributed by atoms with Gasteiger partial charge in [-0.15, -0.1) is 11.3 Å². The van der Waals surface area contributed by atoms with E-state index in [9.17, 15) is 10.1 Å². The summed E-state index contributed by atoms with van der Waals surface area (Å²) in [7, 11) is 0. The molecule has 3 rings (SSSR count). The van der Waals surface area contributed by atoms with Crippen LogP contribution in [0.4, 0.5) is 5.69 Å². The van der Waals surface area contributed by atoms with E-state index in [0.717, 1.165) is 15.6 Å². The van der Waals surface area contributed by atoms with Gasteiger partial charge in [0.1, 0.15) is 0 Å². The summed E-state index contributed by atoms with van der Waals surface area (Å²) in [6, 6.07) is 16.1. The Morgan fingerprint density at radius 3 is 2.70 bits per heavy atom. The highest BCUT2D eigenvalue weighted by atomic mass is 32.2. The maximum atomic E-state index is 11.2. The number of nitrogens with zero attached hydrogens (tertiary/aromatic N) is 3. The molecule has 23 heavy (non-hydrogen) atoms. The largest absolute Gasteiger partial charge is 0.284 e. The topological polar surface area (TPSA) is 79.8 Å². The molecule has 0 N–H and O–H groups in total. The number of benzene rings is 2. The third-order valence-electron chi connectivity index (χ3n) is 3.03. The smallest absolute Gasteiger partial charge is 0.258 e. The molecule has 112 valence electrons. The quantitative estimate of drug-likeness (QED) is 0.506. The van der Waals surface area contributed by atoms with Crippen LogP contribution in [0.15, 0.2) is 63.1 Å². The summed E-state index contributed by atoms with van der Waals surface area (Å²) in [6.07, 6.45) is 0. The average Bonchev–Trinajstić information content (AvgIpc) is 3.04. The van der Waals surface area contributed by atoms with Crippen LogP contribution >= 0.6 is 23.1 Å². The van der Waals surface area contributed by atoms with Crippen molar-refractivity contribution in [2.24, 2.45) is 0 Å². The zero-order chi connectivity index (χ0) is 16.2. The van der Waals surface area contributed by atoms with E-state index < -0.39 is 4.92 Å². The Balaban J connectivity index is 1.90. The molecule has 1 heterocycles. The van der Waals surface area contributed by atoms with Gasteiger partial charge in [-0.2, -0.15) is 5.26 Å². The maximum absolute atomic E-state index is 11.2. The normalized spacial score (nSPS) is 10.2. The fraction of sp³-hybridized carbons (Fsp3) is 0. The van der Waals surface area contributed by atoms with Crippen molar-refractivity contribution in [3.05, 3.63) is 69.6 Å². The van der Waals surface area contributed by atoms with Crippen LogP contribution in [0.2, 0.25) is 0 Å². The summed E-state index contributed by atoms with van der Waals surface area (Å²) < 4.78 is 0.719. The van der Waals surface area contributed by atoms with Crippen LogP contribution in [0.1, 0.15) is 5.56 Å². The van der Waals surface area contributed by atoms with Crippen molar-refractivity contribution >= 4 is 28.8 Å². The van der Waals surface area contributed by atoms with Crippen LogP contribution in [0.5, 0.6) is 0 Å². The van der Waals surface area contributed by atoms with Gasteiger partial charge in [0.05, 0.1) is 27.1 Å². The van der Waals surface area contributed by atoms with Crippen LogP contribution in [-0.4, -0.2) is 9.91 Å². The lowest BCUT2D eigenvalue weighted by Crippen LogP contribution is -1.91. The summed E-state index contributed by atoms with van der Waals surface area (Å²) in [6.45, 7) is 0. The zero-order valence-corrected chi connectivity index (χ0v) is 13.3. The number of hydrogen-bond donors (Lipinski definition) is 0. The van der Waals surface area contributed by atoms with Crippen molar-refractivity contribution in [3.8, 4) is 17.3 Å². The molecule has 1 aromatic heterocycles. The van der Waals surface area contributed by atoms with Crippen LogP contribution in [0.25, 0.3) is 11.3 Å². The molecular formula is C16H9N3O2S2. The lowest BCUT2D eigenvalue weighted by molar-refractivity contribution is -0.387. The molecule has 5 nitrogen and oxygen atoms in total. The molecule has 0 aliphatic carbocycles. The lowest BCUT2D eigenvalue weighted by Gasteiger charge is -2.00. The molecule has 0 saturated heterocycles. The molecular weight excluding hydrogens is 330 g/mol. The maximum Gasteiger partial charge on any atom is 0.284 e. The first kappa shape index (κ1) is 15.2. The van der Waals surface area contributed by atoms with E-state index in [1.54, 1.807) is 12.1 Å². The van der Waals surface area contributed by atoms with Crippen molar-refractivity contribution < 1.29 is 4.92 Å². The summed E-state index contributed by atoms with van der Waals surface area (Å²) >= 11 is 2.67. The Morgan fingerprint density at radius 2 is 2.00 bits per heavy atom. The van der Waals surface area contributed by atoms with Gasteiger partial charge in [-0.25, -0.2) is 4.98 Å². The minimum absolute atomic E-state index is 0.0782. The van der Waals surface area contributed by atoms with Crippen molar-refractivity contribution in [1.29, 1.82) is 5.26 Å². The minimum Gasteiger partial charge on any atom is -0.258 e. The first-order valence-corrected chi connectivity index (χ1v) is 8.24. The number of aromatic nitrogens is 1. The fourth-order valence-corrected chi connectivity index (χ4v) is 3.82. The minimum atomic E-state index is -0.477. The second-order valence-corrected chi connectivity index (χ2v) is 6.67. The number of thiazole rings is 1. The van der Waals surface area contributed by atoms with Crippen molar-refractivity contribution in [3.63, 3.8) is 0 Å². The van der Waals surface area contributed by atoms with E-state index in [4.69, 9.17) is 5.26 Å². The Kier molecular flexibility index (Phi) is 4.37. The van der Waals surface area contributed by atoms with Gasteiger partial charge in [0, 0.05) is 17.0 Å². The van der Waals surface area contributed by atoms with Gasteiger partial charge in [-0.1, -0.05) is 42.1 Å². The summed E-state index contributed by atoms with van der Waals surface area (Å²) in [5.74, 6) is 0. The van der Waals surface area contributed by atoms with Gasteiger partial charge in [-0.05, 0) is 12.1 Å². The molecule has 2 aromatic carbocycles. The van der Waals surface area contributed by atoms with Crippen molar-refractivity contribution in [2.45, 2.75) is 9.24 Å². The zero-order valence-electron chi connectivity index (χ0n) is 11.7. The highest BCUT2D eigenvalue weighted by molar-refractivity contribution is 8.01. The van der Waals surface area contributed by atoms with Crippen molar-refractivity contribution in [2.75, 3.05) is 0 Å². The number of hydrogen-bond acceptors (Lipinski definition) is 6. The number of rotatable bonds is 4. The number of nitriles is 1. The van der Waals surface area contributed by atoms with E-state index in [0.29, 0.717) is 4.90 Å². The Labute approximate surface area is 140 Å². The van der Waals surface area contributed by atoms with Gasteiger partial charge in [0.25, 0.3) is 5.69 Å². The predicted molar refractivity (Wildman–Crippen MR) is 89.5 cm³/mol. The summed E-state index contributed by atoms with van der Waals surface area (Å²) in [4.78, 5) is 15.7. The lowest BCUT2D eigenvalue weighted by atomic mass is 10.2. The predicted octanol–water partition coefficient (Wildman–Crippen LogP) is 4.74. The van der Waals surface area contributed by atoms with Crippen LogP contribution in [0, 0.1) is 21.4 Å². The van der Waals surface area contributed by atoms with Crippen molar-refractivity contribution in [1.82, 2.24) is 4.98 Å². The molecule has 3 aromatic rings. The highest BCUT2D eigenvalue weighted by Gasteiger charge is 2.17. The Morgan fingerprint density at radius 1 is 1.22 bits per heavy atom. The molecule has 0 saturated carbocycles. The van der Waals surface area contributed by atoms with E-state index in [-0.39, 0.29) is 11.3 Å². The Bertz CT molecular complexity index is 901. The third-order valence-corrected chi connectivity index (χ3v) is 5.04. The molecule has 0 aliphatic rings. The van der Waals surface area contributed by atoms with Gasteiger partial charge in [0.15, 0.2) is 4.34 Å². The van der Waals surface area contributed by atoms with Gasteiger partial charge < -0.3 is 0 Å². The molecule has 0 spiro atoms. The third kappa shape index (κ3) is 3.39. The second-order valence-electron chi connectivity index (χ2n) is 4.52. The first-order chi connectivity index (χ1) is 11.2. The highest BCUT2D eigenvalue weighted by Crippen LogP contribution is 2.38. The van der Waals surface area contributed by atoms with Crippen LogP contribution < -0.4 is 0 Å². The average molecular weight is 339 g/mol. The molecule has 0 unspecified atom stereocenters. The fourth-order valence-electron chi connectivity index (χ4n) is 1.96. The van der Waals surface area contributed by atoms with Crippen LogP contribution in [-0.2, 0) is 0 Å². The molecule has 0 fully saturated rings. The summed E-state index contributed by atoms with van der Waals surface area (Å²) in [5, 5.41) is 22.0. The van der Waals surface area contributed by atoms with E-state index in [2.05, 4.69) is 4.98 Å². The Hall–Kier alpha value is -2.69. The second kappa shape index (κ2) is 6.60. The molecule has 7 heteroatoms. The van der Waals surface area contributed by atoms with E-state index >= 15 is 0 Å². The SMILES string of the molecule is N#Cc1ccc(Sc2nc(-c3ccccc3)cs2)c([N+](=O)[O-])c1. The first-order valence-electron chi connectivity index (χ1n) is 6.55. The van der Waals surface area contributed by atoms with Gasteiger partial charge in [-0.3, -0.25) is 10.1 Å². The summed E-state index contributed by atoms with van der Waals surface area (Å²) in [5.41, 5.74) is 2.04. The molecule has 0 amide bonds. The monoisotopic (exact) mass is 339 g/mol. The number of nitro groups is 1. The standard InChI is InChI=1S/C16H9N3O2S2/c17-9-11-6-7-15(14(8-11)19(20)21)23-16-18-13(10-22-16)12-4-2-1-3-5-12/h1-8,10H.